The lowest BCUT2D eigenvalue weighted by atomic mass is 9.59. The van der Waals surface area contributed by atoms with Crippen molar-refractivity contribution >= 4 is 45.0 Å². The molecule has 2 aliphatic heterocycles. The van der Waals surface area contributed by atoms with Crippen LogP contribution in [0.1, 0.15) is 44.2 Å². The topological polar surface area (TPSA) is 109 Å². The van der Waals surface area contributed by atoms with Crippen LogP contribution in [-0.2, 0) is 16.1 Å². The van der Waals surface area contributed by atoms with Crippen molar-refractivity contribution in [3.8, 4) is 6.07 Å². The zero-order chi connectivity index (χ0) is 25.6. The van der Waals surface area contributed by atoms with Crippen molar-refractivity contribution in [3.05, 3.63) is 35.4 Å². The fourth-order valence-electron chi connectivity index (χ4n) is 4.68. The molecule has 3 aliphatic rings. The smallest absolute Gasteiger partial charge is 0.268 e. The third-order valence-electron chi connectivity index (χ3n) is 7.17. The molecule has 11 heteroatoms. The fraction of sp³-hybridized carbons (Fsp3) is 0.583. The number of hydrogen-bond donors (Lipinski definition) is 2. The Morgan fingerprint density at radius 3 is 2.57 bits per heavy atom. The minimum Gasteiger partial charge on any atom is -0.408 e. The number of carbonyl (C=O) groups excluding carboxylic acids is 2. The summed E-state index contributed by atoms with van der Waals surface area (Å²) in [5, 5.41) is 26.2. The molecule has 1 saturated carbocycles. The number of benzene rings is 1. The Morgan fingerprint density at radius 1 is 1.34 bits per heavy atom. The summed E-state index contributed by atoms with van der Waals surface area (Å²) in [5.74, 6) is -0.582. The van der Waals surface area contributed by atoms with Gasteiger partial charge in [0.25, 0.3) is 5.91 Å². The van der Waals surface area contributed by atoms with Crippen LogP contribution in [0, 0.1) is 17.2 Å². The van der Waals surface area contributed by atoms with Gasteiger partial charge >= 0.3 is 0 Å². The van der Waals surface area contributed by atoms with Crippen molar-refractivity contribution in [1.29, 1.82) is 5.26 Å². The number of likely N-dealkylation sites (N-methyl/N-ethyl adjacent to an activating group) is 1. The summed E-state index contributed by atoms with van der Waals surface area (Å²) < 4.78 is -0.962. The molecule has 2 fully saturated rings. The summed E-state index contributed by atoms with van der Waals surface area (Å²) in [5.41, 5.74) is 1.82. The first kappa shape index (κ1) is 25.6. The maximum Gasteiger partial charge on any atom is 0.268 e. The number of amides is 2. The van der Waals surface area contributed by atoms with Gasteiger partial charge in [0, 0.05) is 47.5 Å². The molecule has 1 aliphatic carbocycles. The molecule has 2 atom stereocenters. The van der Waals surface area contributed by atoms with E-state index in [2.05, 4.69) is 16.5 Å². The second-order valence-electron chi connectivity index (χ2n) is 10.3. The number of hydrogen-bond acceptors (Lipinski definition) is 7. The van der Waals surface area contributed by atoms with Gasteiger partial charge in [-0.3, -0.25) is 14.6 Å². The van der Waals surface area contributed by atoms with Crippen LogP contribution in [0.5, 0.6) is 0 Å². The molecule has 2 unspecified atom stereocenters. The van der Waals surface area contributed by atoms with E-state index in [1.165, 1.54) is 11.8 Å². The lowest BCUT2D eigenvalue weighted by Gasteiger charge is -2.43. The summed E-state index contributed by atoms with van der Waals surface area (Å²) >= 11 is 1.54. The molecule has 8 nitrogen and oxygen atoms in total. The highest BCUT2D eigenvalue weighted by molar-refractivity contribution is 8.02. The Kier molecular flexibility index (Phi) is 6.75. The average molecular weight is 489 g/mol. The molecular formula is C24H29B2N5O3S. The highest BCUT2D eigenvalue weighted by Gasteiger charge is 2.54. The van der Waals surface area contributed by atoms with Crippen LogP contribution in [0.25, 0.3) is 0 Å². The van der Waals surface area contributed by atoms with Crippen LogP contribution in [0.2, 0.25) is 0 Å². The second kappa shape index (κ2) is 9.21. The average Bonchev–Trinajstić information content (AvgIpc) is 3.45. The van der Waals surface area contributed by atoms with E-state index >= 15 is 0 Å². The van der Waals surface area contributed by atoms with Crippen molar-refractivity contribution in [2.45, 2.75) is 60.6 Å². The first-order valence-electron chi connectivity index (χ1n) is 11.7. The molecule has 1 aromatic carbocycles. The Labute approximate surface area is 213 Å². The van der Waals surface area contributed by atoms with E-state index in [1.807, 2.05) is 18.7 Å². The van der Waals surface area contributed by atoms with Gasteiger partial charge in [-0.25, -0.2) is 0 Å². The summed E-state index contributed by atoms with van der Waals surface area (Å²) in [6.07, 6.45) is 2.49. The zero-order valence-corrected chi connectivity index (χ0v) is 21.1. The third kappa shape index (κ3) is 5.24. The number of likely N-dealkylation sites (tertiary alicyclic amines) is 1. The Morgan fingerprint density at radius 2 is 2.00 bits per heavy atom. The standard InChI is InChI=1S/C24H29B2N5O3S/c1-22(2,24(25,26)34)35-23(9-10-23)14-31-11-8-17-18(29-30(3)19(17)21(31)33)20(32)28-13-16-6-4-15(12-27)5-7-16/h4-7,17,19,34H,8-11,13-14H2,1-3H3,(H,28,32). The van der Waals surface area contributed by atoms with E-state index in [4.69, 9.17) is 21.0 Å². The number of aliphatic hydroxyl groups is 1. The molecular weight excluding hydrogens is 460 g/mol. The molecule has 2 amide bonds. The maximum atomic E-state index is 13.4. The molecule has 4 radical (unpaired) electrons. The molecule has 4 rings (SSSR count). The molecule has 1 saturated heterocycles. The van der Waals surface area contributed by atoms with Gasteiger partial charge in [-0.1, -0.05) is 12.1 Å². The number of carbonyl (C=O) groups is 2. The van der Waals surface area contributed by atoms with Gasteiger partial charge in [-0.05, 0) is 50.8 Å². The largest absolute Gasteiger partial charge is 0.408 e. The first-order chi connectivity index (χ1) is 16.4. The van der Waals surface area contributed by atoms with E-state index in [-0.39, 0.29) is 22.5 Å². The van der Waals surface area contributed by atoms with Crippen molar-refractivity contribution < 1.29 is 14.7 Å². The lowest BCUT2D eigenvalue weighted by molar-refractivity contribution is -0.140. The van der Waals surface area contributed by atoms with Crippen LogP contribution in [0.3, 0.4) is 0 Å². The quantitative estimate of drug-likeness (QED) is 0.522. The van der Waals surface area contributed by atoms with E-state index in [0.717, 1.165) is 18.4 Å². The Balaban J connectivity index is 1.37. The second-order valence-corrected chi connectivity index (χ2v) is 12.4. The molecule has 0 aromatic heterocycles. The maximum absolute atomic E-state index is 13.4. The Hall–Kier alpha value is -2.44. The van der Waals surface area contributed by atoms with Crippen LogP contribution in [-0.4, -0.2) is 89.3 Å². The zero-order valence-electron chi connectivity index (χ0n) is 20.3. The van der Waals surface area contributed by atoms with Gasteiger partial charge in [-0.2, -0.15) is 10.4 Å². The van der Waals surface area contributed by atoms with Gasteiger partial charge in [0.2, 0.25) is 5.91 Å². The molecule has 1 aromatic rings. The highest BCUT2D eigenvalue weighted by atomic mass is 32.2. The number of piperidine rings is 1. The normalized spacial score (nSPS) is 23.4. The number of rotatable bonds is 8. The molecule has 2 N–H and O–H groups in total. The van der Waals surface area contributed by atoms with E-state index in [1.54, 1.807) is 36.3 Å². The van der Waals surface area contributed by atoms with Crippen LogP contribution < -0.4 is 5.32 Å². The van der Waals surface area contributed by atoms with Gasteiger partial charge in [0.05, 0.1) is 11.6 Å². The number of hydrazone groups is 1. The highest BCUT2D eigenvalue weighted by Crippen LogP contribution is 2.56. The molecule has 180 valence electrons. The minimum atomic E-state index is -1.83. The summed E-state index contributed by atoms with van der Waals surface area (Å²) in [6.45, 7) is 5.02. The van der Waals surface area contributed by atoms with Crippen LogP contribution >= 0.6 is 11.8 Å². The number of nitriles is 1. The van der Waals surface area contributed by atoms with Crippen molar-refractivity contribution in [2.75, 3.05) is 20.1 Å². The predicted molar refractivity (Wildman–Crippen MR) is 137 cm³/mol. The molecule has 0 spiro atoms. The van der Waals surface area contributed by atoms with Crippen LogP contribution in [0.4, 0.5) is 0 Å². The predicted octanol–water partition coefficient (Wildman–Crippen LogP) is 0.720. The van der Waals surface area contributed by atoms with E-state index < -0.39 is 16.2 Å². The van der Waals surface area contributed by atoms with Crippen molar-refractivity contribution in [3.63, 3.8) is 0 Å². The minimum absolute atomic E-state index is 0.0390. The SMILES string of the molecule is [B]C([B])(O)C(C)(C)SC1(CN2CCC3C(C(=O)NCc4ccc(C#N)cc4)=NN(C)C3C2=O)CC1. The van der Waals surface area contributed by atoms with Crippen molar-refractivity contribution in [2.24, 2.45) is 11.0 Å². The first-order valence-corrected chi connectivity index (χ1v) is 12.6. The molecule has 2 heterocycles. The van der Waals surface area contributed by atoms with Crippen molar-refractivity contribution in [1.82, 2.24) is 15.2 Å². The van der Waals surface area contributed by atoms with Gasteiger partial charge in [-0.15, -0.1) is 11.8 Å². The molecule has 35 heavy (non-hydrogen) atoms. The number of nitrogens with zero attached hydrogens (tertiary/aromatic N) is 4. The van der Waals surface area contributed by atoms with Gasteiger partial charge in [0.1, 0.15) is 27.4 Å². The number of fused-ring (bicyclic) bond motifs is 1. The van der Waals surface area contributed by atoms with Crippen LogP contribution in [0.15, 0.2) is 29.4 Å². The van der Waals surface area contributed by atoms with E-state index in [0.29, 0.717) is 37.3 Å². The number of thioether (sulfide) groups is 1. The fourth-order valence-corrected chi connectivity index (χ4v) is 6.45. The van der Waals surface area contributed by atoms with E-state index in [9.17, 15) is 14.7 Å². The summed E-state index contributed by atoms with van der Waals surface area (Å²) in [6, 6.07) is 8.59. The summed E-state index contributed by atoms with van der Waals surface area (Å²) in [7, 11) is 13.3. The summed E-state index contributed by atoms with van der Waals surface area (Å²) in [4.78, 5) is 28.2. The van der Waals surface area contributed by atoms with Gasteiger partial charge in [0.15, 0.2) is 0 Å². The lowest BCUT2D eigenvalue weighted by Crippen LogP contribution is -2.56. The monoisotopic (exact) mass is 489 g/mol. The third-order valence-corrected chi connectivity index (χ3v) is 8.97. The Bertz CT molecular complexity index is 1080. The number of nitrogens with one attached hydrogen (secondary N) is 1. The van der Waals surface area contributed by atoms with Gasteiger partial charge < -0.3 is 15.3 Å². The molecule has 0 bridgehead atoms.